The zero-order valence-electron chi connectivity index (χ0n) is 16.9. The number of thioether (sulfide) groups is 1. The molecule has 0 aliphatic carbocycles. The third-order valence-electron chi connectivity index (χ3n) is 4.86. The van der Waals surface area contributed by atoms with Gasteiger partial charge in [-0.1, -0.05) is 53.5 Å². The standard InChI is InChI=1S/C24H15Cl2F2NO3S/c25-18-5-3-6-20(28)17(18)13-32-21-7-2-1-4-14(21)10-22-23(30)29(24(31)33-22)12-15-8-9-16(27)11-19(15)26/h1-11H,12-13H2/b22-10-. The van der Waals surface area contributed by atoms with Crippen molar-refractivity contribution in [3.8, 4) is 5.75 Å². The van der Waals surface area contributed by atoms with Crippen LogP contribution in [-0.4, -0.2) is 16.0 Å². The second-order valence-corrected chi connectivity index (χ2v) is 8.84. The first kappa shape index (κ1) is 23.3. The molecule has 0 unspecified atom stereocenters. The Balaban J connectivity index is 1.54. The van der Waals surface area contributed by atoms with Crippen molar-refractivity contribution in [1.29, 1.82) is 0 Å². The Labute approximate surface area is 202 Å². The van der Waals surface area contributed by atoms with Gasteiger partial charge < -0.3 is 4.74 Å². The van der Waals surface area contributed by atoms with Crippen LogP contribution in [0, 0.1) is 11.6 Å². The number of carbonyl (C=O) groups is 2. The van der Waals surface area contributed by atoms with E-state index in [4.69, 9.17) is 27.9 Å². The highest BCUT2D eigenvalue weighted by Gasteiger charge is 2.35. The Bertz CT molecular complexity index is 1260. The summed E-state index contributed by atoms with van der Waals surface area (Å²) in [5, 5.41) is -0.0974. The van der Waals surface area contributed by atoms with E-state index in [-0.39, 0.29) is 33.7 Å². The summed E-state index contributed by atoms with van der Waals surface area (Å²) in [4.78, 5) is 26.6. The smallest absolute Gasteiger partial charge is 0.293 e. The van der Waals surface area contributed by atoms with Crippen LogP contribution in [-0.2, 0) is 17.9 Å². The number of ether oxygens (including phenoxy) is 1. The van der Waals surface area contributed by atoms with Gasteiger partial charge in [-0.15, -0.1) is 0 Å². The molecule has 168 valence electrons. The maximum atomic E-state index is 14.1. The van der Waals surface area contributed by atoms with Gasteiger partial charge in [0.05, 0.1) is 16.5 Å². The molecule has 0 bridgehead atoms. The molecule has 1 heterocycles. The highest BCUT2D eigenvalue weighted by atomic mass is 35.5. The summed E-state index contributed by atoms with van der Waals surface area (Å²) in [7, 11) is 0. The Kier molecular flexibility index (Phi) is 7.02. The van der Waals surface area contributed by atoms with E-state index in [0.717, 1.165) is 22.7 Å². The van der Waals surface area contributed by atoms with Crippen LogP contribution in [0.1, 0.15) is 16.7 Å². The monoisotopic (exact) mass is 505 g/mol. The molecule has 1 fully saturated rings. The number of amides is 2. The van der Waals surface area contributed by atoms with E-state index in [1.165, 1.54) is 30.3 Å². The van der Waals surface area contributed by atoms with E-state index >= 15 is 0 Å². The Morgan fingerprint density at radius 2 is 1.76 bits per heavy atom. The molecule has 0 radical (unpaired) electrons. The van der Waals surface area contributed by atoms with Crippen molar-refractivity contribution < 1.29 is 23.1 Å². The van der Waals surface area contributed by atoms with Crippen LogP contribution in [0.3, 0.4) is 0 Å². The molecule has 0 aromatic heterocycles. The summed E-state index contributed by atoms with van der Waals surface area (Å²) in [6.07, 6.45) is 1.54. The average molecular weight is 506 g/mol. The van der Waals surface area contributed by atoms with E-state index in [0.29, 0.717) is 16.9 Å². The van der Waals surface area contributed by atoms with Crippen molar-refractivity contribution in [3.05, 3.63) is 104 Å². The van der Waals surface area contributed by atoms with Gasteiger partial charge in [-0.3, -0.25) is 14.5 Å². The molecule has 0 saturated carbocycles. The van der Waals surface area contributed by atoms with Crippen molar-refractivity contribution in [2.75, 3.05) is 0 Å². The molecular formula is C24H15Cl2F2NO3S. The zero-order chi connectivity index (χ0) is 23.5. The molecule has 1 saturated heterocycles. The molecule has 4 nitrogen and oxygen atoms in total. The lowest BCUT2D eigenvalue weighted by Crippen LogP contribution is -2.27. The number of halogens is 4. The minimum absolute atomic E-state index is 0.0783. The van der Waals surface area contributed by atoms with Crippen LogP contribution in [0.4, 0.5) is 13.6 Å². The van der Waals surface area contributed by atoms with Crippen LogP contribution < -0.4 is 4.74 Å². The molecule has 0 N–H and O–H groups in total. The third kappa shape index (κ3) is 5.21. The van der Waals surface area contributed by atoms with Gasteiger partial charge >= 0.3 is 0 Å². The summed E-state index contributed by atoms with van der Waals surface area (Å²) in [5.41, 5.74) is 1.20. The molecule has 1 aliphatic rings. The maximum Gasteiger partial charge on any atom is 0.293 e. The molecule has 2 amide bonds. The SMILES string of the molecule is O=C1S/C(=C\c2ccccc2OCc2c(F)cccc2Cl)C(=O)N1Cc1ccc(F)cc1Cl. The Hall–Kier alpha value is -2.87. The van der Waals surface area contributed by atoms with E-state index in [1.807, 2.05) is 0 Å². The van der Waals surface area contributed by atoms with Gasteiger partial charge in [-0.2, -0.15) is 0 Å². The number of para-hydroxylation sites is 1. The van der Waals surface area contributed by atoms with Crippen LogP contribution in [0.2, 0.25) is 10.0 Å². The second kappa shape index (κ2) is 9.95. The number of hydrogen-bond acceptors (Lipinski definition) is 4. The lowest BCUT2D eigenvalue weighted by atomic mass is 10.1. The van der Waals surface area contributed by atoms with Crippen molar-refractivity contribution in [2.24, 2.45) is 0 Å². The van der Waals surface area contributed by atoms with Crippen LogP contribution >= 0.6 is 35.0 Å². The largest absolute Gasteiger partial charge is 0.488 e. The summed E-state index contributed by atoms with van der Waals surface area (Å²) in [6.45, 7) is -0.189. The molecule has 3 aromatic carbocycles. The van der Waals surface area contributed by atoms with Gasteiger partial charge in [0, 0.05) is 16.1 Å². The minimum Gasteiger partial charge on any atom is -0.488 e. The topological polar surface area (TPSA) is 46.6 Å². The Morgan fingerprint density at radius 3 is 2.52 bits per heavy atom. The number of hydrogen-bond donors (Lipinski definition) is 0. The van der Waals surface area contributed by atoms with Gasteiger partial charge in [0.25, 0.3) is 11.1 Å². The summed E-state index contributed by atoms with van der Waals surface area (Å²) in [6, 6.07) is 15.0. The molecule has 4 rings (SSSR count). The minimum atomic E-state index is -0.508. The average Bonchev–Trinajstić information content (AvgIpc) is 3.03. The first-order chi connectivity index (χ1) is 15.8. The fourth-order valence-electron chi connectivity index (χ4n) is 3.15. The van der Waals surface area contributed by atoms with Crippen molar-refractivity contribution in [2.45, 2.75) is 13.2 Å². The van der Waals surface area contributed by atoms with E-state index < -0.39 is 22.8 Å². The van der Waals surface area contributed by atoms with Gasteiger partial charge in [0.2, 0.25) is 0 Å². The van der Waals surface area contributed by atoms with Crippen molar-refractivity contribution >= 4 is 52.2 Å². The lowest BCUT2D eigenvalue weighted by Gasteiger charge is -2.13. The van der Waals surface area contributed by atoms with Crippen LogP contribution in [0.15, 0.2) is 65.6 Å². The normalized spacial score (nSPS) is 14.9. The number of imide groups is 1. The molecule has 9 heteroatoms. The van der Waals surface area contributed by atoms with Crippen LogP contribution in [0.5, 0.6) is 5.75 Å². The summed E-state index contributed by atoms with van der Waals surface area (Å²) < 4.78 is 33.1. The second-order valence-electron chi connectivity index (χ2n) is 7.03. The number of rotatable bonds is 6. The van der Waals surface area contributed by atoms with Crippen LogP contribution in [0.25, 0.3) is 6.08 Å². The molecule has 0 atom stereocenters. The van der Waals surface area contributed by atoms with Gasteiger partial charge in [0.1, 0.15) is 24.0 Å². The fourth-order valence-corrected chi connectivity index (χ4v) is 4.42. The lowest BCUT2D eigenvalue weighted by molar-refractivity contribution is -0.123. The van der Waals surface area contributed by atoms with E-state index in [2.05, 4.69) is 0 Å². The third-order valence-corrected chi connectivity index (χ3v) is 6.47. The number of nitrogens with zero attached hydrogens (tertiary/aromatic N) is 1. The first-order valence-corrected chi connectivity index (χ1v) is 11.2. The maximum absolute atomic E-state index is 14.1. The molecular weight excluding hydrogens is 491 g/mol. The highest BCUT2D eigenvalue weighted by molar-refractivity contribution is 8.18. The summed E-state index contributed by atoms with van der Waals surface area (Å²) >= 11 is 12.9. The molecule has 0 spiro atoms. The summed E-state index contributed by atoms with van der Waals surface area (Å²) in [5.74, 6) is -1.10. The quantitative estimate of drug-likeness (QED) is 0.335. The van der Waals surface area contributed by atoms with E-state index in [9.17, 15) is 18.4 Å². The van der Waals surface area contributed by atoms with E-state index in [1.54, 1.807) is 30.3 Å². The fraction of sp³-hybridized carbons (Fsp3) is 0.0833. The highest BCUT2D eigenvalue weighted by Crippen LogP contribution is 2.36. The van der Waals surface area contributed by atoms with Gasteiger partial charge in [-0.05, 0) is 53.7 Å². The predicted octanol–water partition coefficient (Wildman–Crippen LogP) is 7.09. The number of benzene rings is 3. The van der Waals surface area contributed by atoms with Gasteiger partial charge in [0.15, 0.2) is 0 Å². The van der Waals surface area contributed by atoms with Crippen molar-refractivity contribution in [1.82, 2.24) is 4.90 Å². The first-order valence-electron chi connectivity index (χ1n) is 9.67. The predicted molar refractivity (Wildman–Crippen MR) is 125 cm³/mol. The van der Waals surface area contributed by atoms with Gasteiger partial charge in [-0.25, -0.2) is 8.78 Å². The molecule has 1 aliphatic heterocycles. The van der Waals surface area contributed by atoms with Crippen molar-refractivity contribution in [3.63, 3.8) is 0 Å². The zero-order valence-corrected chi connectivity index (χ0v) is 19.2. The molecule has 3 aromatic rings. The Morgan fingerprint density at radius 1 is 0.970 bits per heavy atom. The molecule has 33 heavy (non-hydrogen) atoms. The number of carbonyl (C=O) groups excluding carboxylic acids is 2.